The quantitative estimate of drug-likeness (QED) is 0.464. The van der Waals surface area contributed by atoms with Gasteiger partial charge in [0.05, 0.1) is 24.6 Å². The highest BCUT2D eigenvalue weighted by atomic mass is 16.7. The van der Waals surface area contributed by atoms with E-state index in [0.29, 0.717) is 41.6 Å². The third-order valence-corrected chi connectivity index (χ3v) is 9.32. The maximum Gasteiger partial charge on any atom is 0.254 e. The number of rotatable bonds is 5. The van der Waals surface area contributed by atoms with Crippen molar-refractivity contribution in [2.45, 2.75) is 78.2 Å². The van der Waals surface area contributed by atoms with E-state index in [-0.39, 0.29) is 23.9 Å². The largest absolute Gasteiger partial charge is 0.472 e. The minimum atomic E-state index is -0.804. The Balaban J connectivity index is 1.38. The van der Waals surface area contributed by atoms with Crippen LogP contribution in [0, 0.1) is 26.7 Å². The summed E-state index contributed by atoms with van der Waals surface area (Å²) in [5, 5.41) is 0. The summed E-state index contributed by atoms with van der Waals surface area (Å²) in [6.07, 6.45) is 8.24. The average Bonchev–Trinajstić information content (AvgIpc) is 3.56. The predicted octanol–water partition coefficient (Wildman–Crippen LogP) is 5.37. The van der Waals surface area contributed by atoms with Crippen LogP contribution in [-0.2, 0) is 13.0 Å². The number of nitrogens with zero attached hydrogens (tertiary/aromatic N) is 2. The fraction of sp³-hybridized carbons (Fsp3) is 0.500. The summed E-state index contributed by atoms with van der Waals surface area (Å²) in [6.45, 7) is 8.57. The molecule has 2 aliphatic heterocycles. The molecule has 1 N–H and O–H groups in total. The number of benzene rings is 1. The Bertz CT molecular complexity index is 1510. The van der Waals surface area contributed by atoms with E-state index in [1.807, 2.05) is 39.8 Å². The minimum absolute atomic E-state index is 0.0886. The van der Waals surface area contributed by atoms with Crippen LogP contribution in [0.25, 0.3) is 11.1 Å². The van der Waals surface area contributed by atoms with Gasteiger partial charge in [0, 0.05) is 53.4 Å². The van der Waals surface area contributed by atoms with Crippen LogP contribution >= 0.6 is 0 Å². The average molecular weight is 546 g/mol. The van der Waals surface area contributed by atoms with Crippen molar-refractivity contribution in [3.05, 3.63) is 68.5 Å². The highest BCUT2D eigenvalue weighted by Gasteiger charge is 2.49. The topological polar surface area (TPSA) is 88.0 Å². The number of aryl methyl sites for hydroxylation is 2. The first-order valence-electron chi connectivity index (χ1n) is 14.3. The van der Waals surface area contributed by atoms with Crippen molar-refractivity contribution in [2.24, 2.45) is 5.92 Å². The molecule has 2 aromatic heterocycles. The molecule has 1 amide bonds. The first-order valence-corrected chi connectivity index (χ1v) is 14.3. The Labute approximate surface area is 235 Å². The molecule has 0 unspecified atom stereocenters. The molecule has 40 heavy (non-hydrogen) atoms. The molecule has 212 valence electrons. The Morgan fingerprint density at radius 1 is 1.05 bits per heavy atom. The van der Waals surface area contributed by atoms with Gasteiger partial charge in [0.2, 0.25) is 0 Å². The van der Waals surface area contributed by atoms with Crippen molar-refractivity contribution >= 4 is 5.91 Å². The first-order chi connectivity index (χ1) is 19.1. The third kappa shape index (κ3) is 4.33. The van der Waals surface area contributed by atoms with Crippen LogP contribution in [0.4, 0.5) is 0 Å². The van der Waals surface area contributed by atoms with Gasteiger partial charge in [0.25, 0.3) is 17.3 Å². The number of furan rings is 1. The Kier molecular flexibility index (Phi) is 6.56. The Hall–Kier alpha value is -3.52. The molecule has 1 fully saturated rings. The lowest BCUT2D eigenvalue weighted by Gasteiger charge is -2.39. The van der Waals surface area contributed by atoms with E-state index in [4.69, 9.17) is 13.9 Å². The molecule has 3 aliphatic rings. The molecule has 0 radical (unpaired) electrons. The van der Waals surface area contributed by atoms with Crippen molar-refractivity contribution in [1.82, 2.24) is 14.8 Å². The number of ether oxygens (including phenoxy) is 2. The number of carbonyl (C=O) groups excluding carboxylic acids is 1. The van der Waals surface area contributed by atoms with Gasteiger partial charge < -0.3 is 28.7 Å². The number of aromatic nitrogens is 1. The zero-order chi connectivity index (χ0) is 28.3. The Morgan fingerprint density at radius 3 is 2.42 bits per heavy atom. The zero-order valence-electron chi connectivity index (χ0n) is 24.3. The summed E-state index contributed by atoms with van der Waals surface area (Å²) in [5.74, 6) is 0.707. The lowest BCUT2D eigenvalue weighted by molar-refractivity contribution is -0.123. The van der Waals surface area contributed by atoms with Crippen LogP contribution in [-0.4, -0.2) is 53.2 Å². The minimum Gasteiger partial charge on any atom is -0.472 e. The van der Waals surface area contributed by atoms with Gasteiger partial charge in [0.15, 0.2) is 11.5 Å². The monoisotopic (exact) mass is 545 g/mol. The molecule has 8 nitrogen and oxygen atoms in total. The van der Waals surface area contributed by atoms with Crippen molar-refractivity contribution in [3.63, 3.8) is 0 Å². The van der Waals surface area contributed by atoms with Crippen LogP contribution in [0.1, 0.15) is 70.9 Å². The van der Waals surface area contributed by atoms with Gasteiger partial charge in [-0.25, -0.2) is 0 Å². The second-order valence-corrected chi connectivity index (χ2v) is 12.1. The fourth-order valence-electron chi connectivity index (χ4n) is 6.99. The third-order valence-electron chi connectivity index (χ3n) is 9.32. The van der Waals surface area contributed by atoms with Crippen molar-refractivity contribution in [1.29, 1.82) is 0 Å². The molecule has 3 aromatic rings. The summed E-state index contributed by atoms with van der Waals surface area (Å²) in [6, 6.07) is 4.44. The normalized spacial score (nSPS) is 24.1. The van der Waals surface area contributed by atoms with Gasteiger partial charge in [-0.15, -0.1) is 0 Å². The number of fused-ring (bicyclic) bond motifs is 2. The van der Waals surface area contributed by atoms with Crippen molar-refractivity contribution in [2.75, 3.05) is 20.6 Å². The van der Waals surface area contributed by atoms with Crippen molar-refractivity contribution in [3.8, 4) is 22.6 Å². The van der Waals surface area contributed by atoms with E-state index in [1.54, 1.807) is 17.4 Å². The SMILES string of the molecule is Cc1cc(C)c(CN2CCc3c(c(C)c4c(c3-c3ccoc3)O[C@@](C)([C@H]3CC[C@H](N(C)C)CC3)O4)C2=O)c(=O)[nH]1. The number of amides is 1. The highest BCUT2D eigenvalue weighted by molar-refractivity contribution is 6.02. The summed E-state index contributed by atoms with van der Waals surface area (Å²) in [4.78, 5) is 33.8. The zero-order valence-corrected chi connectivity index (χ0v) is 24.3. The molecule has 1 saturated carbocycles. The molecule has 8 heteroatoms. The molecular weight excluding hydrogens is 506 g/mol. The Morgan fingerprint density at radius 2 is 1.77 bits per heavy atom. The molecule has 0 saturated heterocycles. The van der Waals surface area contributed by atoms with Gasteiger partial charge in [-0.2, -0.15) is 0 Å². The van der Waals surface area contributed by atoms with E-state index in [9.17, 15) is 9.59 Å². The number of aromatic amines is 1. The van der Waals surface area contributed by atoms with E-state index < -0.39 is 5.79 Å². The standard InChI is InChI=1S/C32H39N3O5/c1-18-15-19(2)33-30(36)25(18)16-35-13-11-24-26(31(35)37)20(3)28-29(27(24)21-12-14-38-17-21)40-32(4,39-28)22-7-9-23(10-8-22)34(5)6/h12,14-15,17,22-23H,7-11,13,16H2,1-6H3,(H,33,36)/t22-,23-,32-/m0/s1. The number of hydrogen-bond donors (Lipinski definition) is 1. The van der Waals surface area contributed by atoms with Crippen molar-refractivity contribution < 1.29 is 18.7 Å². The number of nitrogens with one attached hydrogen (secondary N) is 1. The second kappa shape index (κ2) is 9.84. The van der Waals surface area contributed by atoms with Gasteiger partial charge >= 0.3 is 0 Å². The van der Waals surface area contributed by atoms with E-state index in [1.165, 1.54) is 0 Å². The van der Waals surface area contributed by atoms with Gasteiger partial charge in [0.1, 0.15) is 0 Å². The van der Waals surface area contributed by atoms with Crippen LogP contribution in [0.5, 0.6) is 11.5 Å². The fourth-order valence-corrected chi connectivity index (χ4v) is 6.99. The molecule has 0 spiro atoms. The predicted molar refractivity (Wildman–Crippen MR) is 153 cm³/mol. The van der Waals surface area contributed by atoms with Gasteiger partial charge in [-0.3, -0.25) is 9.59 Å². The van der Waals surface area contributed by atoms with E-state index in [2.05, 4.69) is 24.0 Å². The molecule has 6 rings (SSSR count). The van der Waals surface area contributed by atoms with Crippen LogP contribution in [0.15, 0.2) is 33.9 Å². The van der Waals surface area contributed by atoms with E-state index in [0.717, 1.165) is 59.2 Å². The molecule has 1 aromatic carbocycles. The molecule has 1 atom stereocenters. The lowest BCUT2D eigenvalue weighted by Crippen LogP contribution is -2.46. The van der Waals surface area contributed by atoms with Crippen LogP contribution in [0.3, 0.4) is 0 Å². The first kappa shape index (κ1) is 26.7. The summed E-state index contributed by atoms with van der Waals surface area (Å²) >= 11 is 0. The maximum atomic E-state index is 14.1. The second-order valence-electron chi connectivity index (χ2n) is 12.1. The highest BCUT2D eigenvalue weighted by Crippen LogP contribution is 2.55. The maximum absolute atomic E-state index is 14.1. The van der Waals surface area contributed by atoms with Gasteiger partial charge in [-0.05, 0) is 90.2 Å². The number of H-pyrrole nitrogens is 1. The smallest absolute Gasteiger partial charge is 0.254 e. The molecule has 0 bridgehead atoms. The number of hydrogen-bond acceptors (Lipinski definition) is 6. The number of carbonyl (C=O) groups is 1. The van der Waals surface area contributed by atoms with E-state index >= 15 is 0 Å². The lowest BCUT2D eigenvalue weighted by atomic mass is 9.81. The van der Waals surface area contributed by atoms with Crippen LogP contribution in [0.2, 0.25) is 0 Å². The molecular formula is C32H39N3O5. The van der Waals surface area contributed by atoms with Crippen LogP contribution < -0.4 is 15.0 Å². The number of pyridine rings is 1. The van der Waals surface area contributed by atoms with Gasteiger partial charge in [-0.1, -0.05) is 0 Å². The molecule has 1 aliphatic carbocycles. The summed E-state index contributed by atoms with van der Waals surface area (Å²) < 4.78 is 19.0. The summed E-state index contributed by atoms with van der Waals surface area (Å²) in [7, 11) is 4.29. The summed E-state index contributed by atoms with van der Waals surface area (Å²) in [5.41, 5.74) is 6.34. The molecule has 4 heterocycles.